The molecular weight excluding hydrogens is 285 g/mol. The maximum absolute atomic E-state index is 13.8. The summed E-state index contributed by atoms with van der Waals surface area (Å²) >= 11 is 0. The molecule has 0 aromatic carbocycles. The molecule has 3 rings (SSSR count). The third-order valence-electron chi connectivity index (χ3n) is 3.76. The van der Waals surface area contributed by atoms with Gasteiger partial charge in [0.25, 0.3) is 5.91 Å². The number of piperidine rings is 1. The average molecular weight is 303 g/mol. The number of pyridine rings is 1. The van der Waals surface area contributed by atoms with Gasteiger partial charge in [-0.1, -0.05) is 0 Å². The lowest BCUT2D eigenvalue weighted by molar-refractivity contribution is 0.0933. The van der Waals surface area contributed by atoms with Gasteiger partial charge < -0.3 is 10.2 Å². The van der Waals surface area contributed by atoms with Gasteiger partial charge in [0.1, 0.15) is 0 Å². The quantitative estimate of drug-likeness (QED) is 0.930. The molecule has 1 saturated heterocycles. The van der Waals surface area contributed by atoms with Gasteiger partial charge in [-0.15, -0.1) is 0 Å². The third kappa shape index (κ3) is 3.08. The number of carbonyl (C=O) groups excluding carboxylic acids is 1. The maximum atomic E-state index is 13.8. The molecule has 0 spiro atoms. The van der Waals surface area contributed by atoms with E-state index in [4.69, 9.17) is 0 Å². The summed E-state index contributed by atoms with van der Waals surface area (Å²) in [5.41, 5.74) is 0.531. The first-order valence-corrected chi connectivity index (χ1v) is 7.28. The summed E-state index contributed by atoms with van der Waals surface area (Å²) in [6.45, 7) is 1.30. The molecule has 1 unspecified atom stereocenters. The number of nitrogens with one attached hydrogen (secondary N) is 1. The summed E-state index contributed by atoms with van der Waals surface area (Å²) < 4.78 is 15.4. The Balaban J connectivity index is 1.66. The van der Waals surface area contributed by atoms with Gasteiger partial charge >= 0.3 is 0 Å². The number of rotatable bonds is 3. The molecule has 1 atom stereocenters. The Bertz CT molecular complexity index is 671. The van der Waals surface area contributed by atoms with Crippen molar-refractivity contribution >= 4 is 11.7 Å². The summed E-state index contributed by atoms with van der Waals surface area (Å²) in [5, 5.41) is 6.97. The lowest BCUT2D eigenvalue weighted by atomic mass is 10.1. The van der Waals surface area contributed by atoms with Crippen LogP contribution in [0.5, 0.6) is 0 Å². The molecule has 7 heteroatoms. The van der Waals surface area contributed by atoms with Crippen LogP contribution in [-0.2, 0) is 7.05 Å². The van der Waals surface area contributed by atoms with Crippen molar-refractivity contribution in [2.75, 3.05) is 18.0 Å². The lowest BCUT2D eigenvalue weighted by Crippen LogP contribution is -2.48. The number of hydrogen-bond donors (Lipinski definition) is 1. The first-order chi connectivity index (χ1) is 10.6. The molecule has 0 saturated carbocycles. The largest absolute Gasteiger partial charge is 0.352 e. The Labute approximate surface area is 128 Å². The second-order valence-corrected chi connectivity index (χ2v) is 5.47. The smallest absolute Gasteiger partial charge is 0.254 e. The second-order valence-electron chi connectivity index (χ2n) is 5.47. The zero-order valence-corrected chi connectivity index (χ0v) is 12.4. The summed E-state index contributed by atoms with van der Waals surface area (Å²) in [7, 11) is 1.77. The molecule has 1 fully saturated rings. The Hall–Kier alpha value is -2.44. The molecule has 0 radical (unpaired) electrons. The molecule has 0 bridgehead atoms. The van der Waals surface area contributed by atoms with E-state index in [0.717, 1.165) is 19.4 Å². The molecule has 2 aromatic heterocycles. The van der Waals surface area contributed by atoms with Crippen molar-refractivity contribution in [1.29, 1.82) is 0 Å². The van der Waals surface area contributed by atoms with Crippen LogP contribution in [0.15, 0.2) is 30.7 Å². The fourth-order valence-corrected chi connectivity index (χ4v) is 2.70. The minimum Gasteiger partial charge on any atom is -0.352 e. The summed E-state index contributed by atoms with van der Waals surface area (Å²) in [6, 6.07) is 2.95. The number of hydrogen-bond acceptors (Lipinski definition) is 4. The molecule has 1 aliphatic heterocycles. The van der Waals surface area contributed by atoms with E-state index >= 15 is 0 Å². The third-order valence-corrected chi connectivity index (χ3v) is 3.76. The molecule has 2 aromatic rings. The Kier molecular flexibility index (Phi) is 4.04. The highest BCUT2D eigenvalue weighted by Gasteiger charge is 2.24. The summed E-state index contributed by atoms with van der Waals surface area (Å²) in [4.78, 5) is 18.1. The summed E-state index contributed by atoms with van der Waals surface area (Å²) in [5.74, 6) is -0.133. The van der Waals surface area contributed by atoms with Crippen LogP contribution in [-0.4, -0.2) is 39.8 Å². The van der Waals surface area contributed by atoms with E-state index in [1.807, 2.05) is 4.90 Å². The Morgan fingerprint density at radius 1 is 1.50 bits per heavy atom. The van der Waals surface area contributed by atoms with E-state index < -0.39 is 0 Å². The van der Waals surface area contributed by atoms with Crippen molar-refractivity contribution in [2.24, 2.45) is 7.05 Å². The van der Waals surface area contributed by atoms with Gasteiger partial charge in [0.15, 0.2) is 11.6 Å². The van der Waals surface area contributed by atoms with Gasteiger partial charge in [0, 0.05) is 38.6 Å². The van der Waals surface area contributed by atoms with Crippen molar-refractivity contribution in [2.45, 2.75) is 18.9 Å². The Morgan fingerprint density at radius 3 is 3.09 bits per heavy atom. The van der Waals surface area contributed by atoms with Crippen LogP contribution < -0.4 is 10.2 Å². The van der Waals surface area contributed by atoms with Gasteiger partial charge in [0.05, 0.1) is 11.8 Å². The standard InChI is InChI=1S/C15H18FN5O/c1-20-9-11(8-18-20)15(22)19-12-4-3-7-21(10-12)14-13(16)5-2-6-17-14/h2,5-6,8-9,12H,3-4,7,10H2,1H3,(H,19,22). The van der Waals surface area contributed by atoms with E-state index in [9.17, 15) is 9.18 Å². The van der Waals surface area contributed by atoms with E-state index in [0.29, 0.717) is 17.9 Å². The SMILES string of the molecule is Cn1cc(C(=O)NC2CCCN(c3ncccc3F)C2)cn1. The van der Waals surface area contributed by atoms with Crippen LogP contribution in [0.25, 0.3) is 0 Å². The normalized spacial score (nSPS) is 18.3. The maximum Gasteiger partial charge on any atom is 0.254 e. The minimum atomic E-state index is -0.332. The molecule has 3 heterocycles. The lowest BCUT2D eigenvalue weighted by Gasteiger charge is -2.34. The number of anilines is 1. The first kappa shape index (κ1) is 14.5. The molecule has 22 heavy (non-hydrogen) atoms. The van der Waals surface area contributed by atoms with Gasteiger partial charge in [-0.2, -0.15) is 5.10 Å². The molecule has 116 valence electrons. The Morgan fingerprint density at radius 2 is 2.36 bits per heavy atom. The number of amides is 1. The number of carbonyl (C=O) groups is 1. The van der Waals surface area contributed by atoms with E-state index in [-0.39, 0.29) is 17.8 Å². The fraction of sp³-hybridized carbons (Fsp3) is 0.400. The van der Waals surface area contributed by atoms with Gasteiger partial charge in [-0.25, -0.2) is 9.37 Å². The van der Waals surface area contributed by atoms with Crippen LogP contribution in [0.1, 0.15) is 23.2 Å². The number of aryl methyl sites for hydroxylation is 1. The van der Waals surface area contributed by atoms with Gasteiger partial charge in [-0.3, -0.25) is 9.48 Å². The highest BCUT2D eigenvalue weighted by Crippen LogP contribution is 2.20. The number of aromatic nitrogens is 3. The average Bonchev–Trinajstić information content (AvgIpc) is 2.95. The topological polar surface area (TPSA) is 63.1 Å². The molecule has 1 amide bonds. The zero-order valence-electron chi connectivity index (χ0n) is 12.4. The number of halogens is 1. The predicted molar refractivity (Wildman–Crippen MR) is 80.1 cm³/mol. The molecule has 1 N–H and O–H groups in total. The van der Waals surface area contributed by atoms with E-state index in [1.165, 1.54) is 12.3 Å². The van der Waals surface area contributed by atoms with Crippen LogP contribution in [0, 0.1) is 5.82 Å². The molecule has 0 aliphatic carbocycles. The van der Waals surface area contributed by atoms with E-state index in [1.54, 1.807) is 30.2 Å². The number of nitrogens with zero attached hydrogens (tertiary/aromatic N) is 4. The van der Waals surface area contributed by atoms with Crippen molar-refractivity contribution in [1.82, 2.24) is 20.1 Å². The molecular formula is C15H18FN5O. The van der Waals surface area contributed by atoms with Gasteiger partial charge in [0.2, 0.25) is 0 Å². The monoisotopic (exact) mass is 303 g/mol. The minimum absolute atomic E-state index is 0.0251. The van der Waals surface area contributed by atoms with Gasteiger partial charge in [-0.05, 0) is 25.0 Å². The van der Waals surface area contributed by atoms with Crippen molar-refractivity contribution < 1.29 is 9.18 Å². The van der Waals surface area contributed by atoms with Crippen molar-refractivity contribution in [3.63, 3.8) is 0 Å². The molecule has 1 aliphatic rings. The van der Waals surface area contributed by atoms with Crippen molar-refractivity contribution in [3.05, 3.63) is 42.1 Å². The molecule has 6 nitrogen and oxygen atoms in total. The predicted octanol–water partition coefficient (Wildman–Crippen LogP) is 1.35. The van der Waals surface area contributed by atoms with Crippen LogP contribution in [0.3, 0.4) is 0 Å². The van der Waals surface area contributed by atoms with Crippen molar-refractivity contribution in [3.8, 4) is 0 Å². The van der Waals surface area contributed by atoms with Crippen LogP contribution in [0.4, 0.5) is 10.2 Å². The van der Waals surface area contributed by atoms with E-state index in [2.05, 4.69) is 15.4 Å². The fourth-order valence-electron chi connectivity index (χ4n) is 2.70. The van der Waals surface area contributed by atoms with Crippen LogP contribution >= 0.6 is 0 Å². The second kappa shape index (κ2) is 6.13. The first-order valence-electron chi connectivity index (χ1n) is 7.28. The summed E-state index contributed by atoms with van der Waals surface area (Å²) in [6.07, 6.45) is 6.55. The highest BCUT2D eigenvalue weighted by atomic mass is 19.1. The zero-order chi connectivity index (χ0) is 15.5. The highest BCUT2D eigenvalue weighted by molar-refractivity contribution is 5.93. The van der Waals surface area contributed by atoms with Crippen LogP contribution in [0.2, 0.25) is 0 Å².